The first-order valence-electron chi connectivity index (χ1n) is 17.1. The Hall–Kier alpha value is -4.18. The lowest BCUT2D eigenvalue weighted by atomic mass is 9.79. The molecule has 4 nitrogen and oxygen atoms in total. The van der Waals surface area contributed by atoms with Gasteiger partial charge in [0.05, 0.1) is 11.4 Å². The van der Waals surface area contributed by atoms with Crippen LogP contribution in [0.2, 0.25) is 0 Å². The molecule has 0 amide bonds. The monoisotopic (exact) mass is 644 g/mol. The maximum Gasteiger partial charge on any atom is 0.128 e. The van der Waals surface area contributed by atoms with E-state index in [0.717, 1.165) is 46.5 Å². The first kappa shape index (κ1) is 36.7. The largest absolute Gasteiger partial charge is 0.507 e. The first-order chi connectivity index (χ1) is 22.1. The Balaban J connectivity index is 1.43. The molecule has 48 heavy (non-hydrogen) atoms. The summed E-state index contributed by atoms with van der Waals surface area (Å²) in [5.74, 6) is 0.602. The van der Waals surface area contributed by atoms with E-state index in [9.17, 15) is 10.2 Å². The van der Waals surface area contributed by atoms with E-state index in [4.69, 9.17) is 9.98 Å². The molecule has 0 saturated heterocycles. The summed E-state index contributed by atoms with van der Waals surface area (Å²) in [6.07, 6.45) is 5.40. The van der Waals surface area contributed by atoms with Gasteiger partial charge in [-0.1, -0.05) is 119 Å². The van der Waals surface area contributed by atoms with E-state index in [2.05, 4.69) is 132 Å². The molecule has 0 aromatic heterocycles. The van der Waals surface area contributed by atoms with Crippen molar-refractivity contribution in [3.63, 3.8) is 0 Å². The average Bonchev–Trinajstić information content (AvgIpc) is 2.97. The van der Waals surface area contributed by atoms with Crippen LogP contribution < -0.4 is 0 Å². The molecule has 2 N–H and O–H groups in total. The molecule has 0 aliphatic rings. The van der Waals surface area contributed by atoms with Crippen LogP contribution in [0.25, 0.3) is 0 Å². The molecule has 0 saturated carbocycles. The van der Waals surface area contributed by atoms with Gasteiger partial charge in [0.15, 0.2) is 0 Å². The molecule has 4 aromatic carbocycles. The third kappa shape index (κ3) is 9.24. The summed E-state index contributed by atoms with van der Waals surface area (Å²) in [5.41, 5.74) is 9.49. The van der Waals surface area contributed by atoms with E-state index < -0.39 is 0 Å². The number of hydrogen-bond acceptors (Lipinski definition) is 4. The number of phenols is 2. The van der Waals surface area contributed by atoms with Crippen LogP contribution in [0.3, 0.4) is 0 Å². The van der Waals surface area contributed by atoms with E-state index in [0.29, 0.717) is 11.5 Å². The van der Waals surface area contributed by atoms with Crippen molar-refractivity contribution >= 4 is 23.8 Å². The third-order valence-corrected chi connectivity index (χ3v) is 8.91. The second-order valence-corrected chi connectivity index (χ2v) is 17.3. The van der Waals surface area contributed by atoms with Crippen LogP contribution in [0.5, 0.6) is 11.5 Å². The van der Waals surface area contributed by atoms with Crippen molar-refractivity contribution in [3.8, 4) is 11.5 Å². The maximum absolute atomic E-state index is 11.1. The number of aryl methyl sites for hydroxylation is 2. The molecule has 0 spiro atoms. The Morgan fingerprint density at radius 3 is 1.04 bits per heavy atom. The summed E-state index contributed by atoms with van der Waals surface area (Å²) >= 11 is 0. The van der Waals surface area contributed by atoms with Gasteiger partial charge in [-0.25, -0.2) is 0 Å². The quantitative estimate of drug-likeness (QED) is 0.197. The summed E-state index contributed by atoms with van der Waals surface area (Å²) in [7, 11) is 0. The Morgan fingerprint density at radius 2 is 0.771 bits per heavy atom. The molecule has 4 rings (SSSR count). The summed E-state index contributed by atoms with van der Waals surface area (Å²) in [6.45, 7) is 25.9. The van der Waals surface area contributed by atoms with Crippen molar-refractivity contribution in [1.82, 2.24) is 0 Å². The highest BCUT2D eigenvalue weighted by Crippen LogP contribution is 2.38. The van der Waals surface area contributed by atoms with E-state index in [1.54, 1.807) is 12.4 Å². The zero-order valence-electron chi connectivity index (χ0n) is 31.3. The number of rotatable bonds is 7. The van der Waals surface area contributed by atoms with Gasteiger partial charge in [0.25, 0.3) is 0 Å². The van der Waals surface area contributed by atoms with Crippen molar-refractivity contribution in [1.29, 1.82) is 0 Å². The lowest BCUT2D eigenvalue weighted by Crippen LogP contribution is -2.17. The van der Waals surface area contributed by atoms with Crippen LogP contribution in [-0.2, 0) is 34.5 Å². The number of aromatic hydroxyl groups is 2. The highest BCUT2D eigenvalue weighted by molar-refractivity contribution is 5.87. The Morgan fingerprint density at radius 1 is 0.458 bits per heavy atom. The summed E-state index contributed by atoms with van der Waals surface area (Å²) < 4.78 is 0. The minimum Gasteiger partial charge on any atom is -0.507 e. The van der Waals surface area contributed by atoms with Crippen LogP contribution in [-0.4, -0.2) is 22.6 Å². The van der Waals surface area contributed by atoms with E-state index in [1.165, 1.54) is 22.3 Å². The molecule has 0 unspecified atom stereocenters. The Labute approximate surface area is 289 Å². The molecular formula is C44H56N2O2. The van der Waals surface area contributed by atoms with Crippen LogP contribution in [0.15, 0.2) is 82.8 Å². The van der Waals surface area contributed by atoms with Gasteiger partial charge in [-0.2, -0.15) is 0 Å². The third-order valence-electron chi connectivity index (χ3n) is 8.91. The molecule has 0 radical (unpaired) electrons. The number of hydrogen-bond donors (Lipinski definition) is 2. The van der Waals surface area contributed by atoms with Gasteiger partial charge in [-0.15, -0.1) is 0 Å². The molecule has 4 aromatic rings. The minimum atomic E-state index is -0.178. The fraction of sp³-hybridized carbons (Fsp3) is 0.409. The smallest absolute Gasteiger partial charge is 0.128 e. The molecule has 254 valence electrons. The molecule has 0 atom stereocenters. The van der Waals surface area contributed by atoms with Gasteiger partial charge in [0.1, 0.15) is 11.5 Å². The molecule has 0 bridgehead atoms. The van der Waals surface area contributed by atoms with Crippen LogP contribution >= 0.6 is 0 Å². The first-order valence-corrected chi connectivity index (χ1v) is 17.1. The fourth-order valence-electron chi connectivity index (χ4n) is 5.59. The lowest BCUT2D eigenvalue weighted by molar-refractivity contribution is 0.443. The SMILES string of the molecule is CC(C)(C)c1cc(C=Nc2ccc(CCc3ccc(N=Cc4cc(C(C)(C)C)cc(C(C)(C)C)c4O)cc3)cc2)c(O)c(C(C)(C)C)c1. The Bertz CT molecular complexity index is 1650. The molecule has 0 aliphatic carbocycles. The van der Waals surface area contributed by atoms with Crippen molar-refractivity contribution in [3.05, 3.63) is 117 Å². The van der Waals surface area contributed by atoms with Gasteiger partial charge in [0, 0.05) is 34.7 Å². The average molecular weight is 645 g/mol. The van der Waals surface area contributed by atoms with Crippen molar-refractivity contribution < 1.29 is 10.2 Å². The van der Waals surface area contributed by atoms with Gasteiger partial charge in [-0.3, -0.25) is 9.98 Å². The topological polar surface area (TPSA) is 65.2 Å². The number of aliphatic imine (C=N–C) groups is 2. The number of phenolic OH excluding ortho intramolecular Hbond substituents is 2. The predicted molar refractivity (Wildman–Crippen MR) is 206 cm³/mol. The second kappa shape index (κ2) is 13.7. The molecule has 0 fully saturated rings. The van der Waals surface area contributed by atoms with Crippen LogP contribution in [0, 0.1) is 0 Å². The van der Waals surface area contributed by atoms with Crippen molar-refractivity contribution in [2.24, 2.45) is 9.98 Å². The second-order valence-electron chi connectivity index (χ2n) is 17.3. The normalized spacial score (nSPS) is 13.2. The van der Waals surface area contributed by atoms with Crippen LogP contribution in [0.4, 0.5) is 11.4 Å². The summed E-state index contributed by atoms with van der Waals surface area (Å²) in [5, 5.41) is 22.2. The Kier molecular flexibility index (Phi) is 10.5. The minimum absolute atomic E-state index is 0.0371. The maximum atomic E-state index is 11.1. The van der Waals surface area contributed by atoms with Crippen molar-refractivity contribution in [2.75, 3.05) is 0 Å². The van der Waals surface area contributed by atoms with E-state index >= 15 is 0 Å². The summed E-state index contributed by atoms with van der Waals surface area (Å²) in [6, 6.07) is 25.0. The molecule has 0 heterocycles. The predicted octanol–water partition coefficient (Wildman–Crippen LogP) is 11.6. The van der Waals surface area contributed by atoms with Gasteiger partial charge in [0.2, 0.25) is 0 Å². The molecular weight excluding hydrogens is 588 g/mol. The lowest BCUT2D eigenvalue weighted by Gasteiger charge is -2.27. The summed E-state index contributed by atoms with van der Waals surface area (Å²) in [4.78, 5) is 9.43. The number of benzene rings is 4. The molecule has 4 heteroatoms. The van der Waals surface area contributed by atoms with Gasteiger partial charge < -0.3 is 10.2 Å². The van der Waals surface area contributed by atoms with E-state index in [-0.39, 0.29) is 21.7 Å². The van der Waals surface area contributed by atoms with Crippen molar-refractivity contribution in [2.45, 2.75) is 118 Å². The molecule has 0 aliphatic heterocycles. The van der Waals surface area contributed by atoms with Gasteiger partial charge >= 0.3 is 0 Å². The fourth-order valence-corrected chi connectivity index (χ4v) is 5.59. The zero-order chi connectivity index (χ0) is 35.7. The highest BCUT2D eigenvalue weighted by Gasteiger charge is 2.26. The zero-order valence-corrected chi connectivity index (χ0v) is 31.3. The number of nitrogens with zero attached hydrogens (tertiary/aromatic N) is 2. The van der Waals surface area contributed by atoms with Gasteiger partial charge in [-0.05, 0) is 93.2 Å². The van der Waals surface area contributed by atoms with E-state index in [1.807, 2.05) is 24.3 Å². The van der Waals surface area contributed by atoms with Crippen LogP contribution in [0.1, 0.15) is 128 Å². The standard InChI is InChI=1S/C44H56N2O2/c1-41(2,3)33-23-31(39(47)37(25-33)43(7,8)9)27-45-35-19-15-29(16-20-35)13-14-30-17-21-36(22-18-30)46-28-32-24-34(42(4,5)6)26-38(40(32)48)44(10,11)12/h15-28,47-48H,13-14H2,1-12H3. The highest BCUT2D eigenvalue weighted by atomic mass is 16.3.